The molecule has 3 heterocycles. The standard InChI is InChI=1S/C17H10FN5O2/c18-11-6-7-13-20-15(17(24)25)16(23(13)9-11)22-21-12-5-1-3-10-4-2-8-19-14(10)12/h1-9H,(H,24,25). The molecule has 1 aromatic carbocycles. The van der Waals surface area contributed by atoms with E-state index in [4.69, 9.17) is 0 Å². The number of nitrogens with zero attached hydrogens (tertiary/aromatic N) is 5. The van der Waals surface area contributed by atoms with Gasteiger partial charge in [0.25, 0.3) is 0 Å². The number of carboxylic acids is 1. The first-order valence-corrected chi connectivity index (χ1v) is 7.30. The molecule has 0 fully saturated rings. The lowest BCUT2D eigenvalue weighted by atomic mass is 10.2. The number of carboxylic acid groups (broad SMARTS) is 1. The van der Waals surface area contributed by atoms with Crippen LogP contribution in [0.5, 0.6) is 0 Å². The molecule has 0 bridgehead atoms. The third-order valence-corrected chi connectivity index (χ3v) is 3.62. The summed E-state index contributed by atoms with van der Waals surface area (Å²) in [5, 5.41) is 18.3. The number of carbonyl (C=O) groups is 1. The molecule has 122 valence electrons. The third kappa shape index (κ3) is 2.59. The van der Waals surface area contributed by atoms with Crippen LogP contribution in [0.15, 0.2) is 65.1 Å². The Hall–Kier alpha value is -3.68. The zero-order valence-electron chi connectivity index (χ0n) is 12.7. The molecule has 8 heteroatoms. The summed E-state index contributed by atoms with van der Waals surface area (Å²) in [4.78, 5) is 19.6. The number of azo groups is 1. The van der Waals surface area contributed by atoms with Crippen molar-refractivity contribution in [2.45, 2.75) is 0 Å². The molecule has 0 radical (unpaired) electrons. The van der Waals surface area contributed by atoms with E-state index in [2.05, 4.69) is 20.2 Å². The van der Waals surface area contributed by atoms with Gasteiger partial charge in [-0.3, -0.25) is 9.38 Å². The summed E-state index contributed by atoms with van der Waals surface area (Å²) in [5.74, 6) is -1.87. The lowest BCUT2D eigenvalue weighted by Gasteiger charge is -2.00. The second-order valence-electron chi connectivity index (χ2n) is 5.22. The summed E-state index contributed by atoms with van der Waals surface area (Å²) in [7, 11) is 0. The van der Waals surface area contributed by atoms with Gasteiger partial charge in [0.1, 0.15) is 17.2 Å². The van der Waals surface area contributed by atoms with Crippen LogP contribution < -0.4 is 0 Å². The monoisotopic (exact) mass is 335 g/mol. The van der Waals surface area contributed by atoms with Crippen molar-refractivity contribution in [3.8, 4) is 0 Å². The predicted octanol–water partition coefficient (Wildman–Crippen LogP) is 4.14. The number of imidazole rings is 1. The number of pyridine rings is 2. The van der Waals surface area contributed by atoms with E-state index >= 15 is 0 Å². The number of hydrogen-bond donors (Lipinski definition) is 1. The topological polar surface area (TPSA) is 92.2 Å². The number of fused-ring (bicyclic) bond motifs is 2. The highest BCUT2D eigenvalue weighted by atomic mass is 19.1. The summed E-state index contributed by atoms with van der Waals surface area (Å²) >= 11 is 0. The van der Waals surface area contributed by atoms with Crippen molar-refractivity contribution < 1.29 is 14.3 Å². The van der Waals surface area contributed by atoms with Crippen LogP contribution in [-0.4, -0.2) is 25.4 Å². The molecule has 7 nitrogen and oxygen atoms in total. The van der Waals surface area contributed by atoms with Gasteiger partial charge in [-0.2, -0.15) is 0 Å². The Balaban J connectivity index is 1.89. The fraction of sp³-hybridized carbons (Fsp3) is 0. The summed E-state index contributed by atoms with van der Waals surface area (Å²) in [6.45, 7) is 0. The molecule has 0 aliphatic rings. The Kier molecular flexibility index (Phi) is 3.42. The van der Waals surface area contributed by atoms with Gasteiger partial charge in [0.15, 0.2) is 11.5 Å². The molecule has 0 amide bonds. The first-order valence-electron chi connectivity index (χ1n) is 7.30. The lowest BCUT2D eigenvalue weighted by molar-refractivity contribution is 0.0692. The van der Waals surface area contributed by atoms with Gasteiger partial charge in [-0.15, -0.1) is 10.2 Å². The minimum atomic E-state index is -1.27. The minimum absolute atomic E-state index is 0.0602. The Labute approximate surface area is 140 Å². The van der Waals surface area contributed by atoms with Crippen molar-refractivity contribution in [1.29, 1.82) is 0 Å². The van der Waals surface area contributed by atoms with Crippen LogP contribution in [0, 0.1) is 5.82 Å². The number of aromatic carboxylic acids is 1. The highest BCUT2D eigenvalue weighted by molar-refractivity contribution is 5.92. The predicted molar refractivity (Wildman–Crippen MR) is 88.0 cm³/mol. The van der Waals surface area contributed by atoms with E-state index in [1.165, 1.54) is 16.5 Å². The maximum atomic E-state index is 13.5. The number of halogens is 1. The van der Waals surface area contributed by atoms with Crippen molar-refractivity contribution in [1.82, 2.24) is 14.4 Å². The Bertz CT molecular complexity index is 1150. The summed E-state index contributed by atoms with van der Waals surface area (Å²) in [5.41, 5.74) is 1.07. The second-order valence-corrected chi connectivity index (χ2v) is 5.22. The van der Waals surface area contributed by atoms with E-state index in [0.29, 0.717) is 11.2 Å². The third-order valence-electron chi connectivity index (χ3n) is 3.62. The maximum absolute atomic E-state index is 13.5. The number of para-hydroxylation sites is 1. The average molecular weight is 335 g/mol. The summed E-state index contributed by atoms with van der Waals surface area (Å²) in [6.07, 6.45) is 2.75. The molecule has 3 aromatic heterocycles. The largest absolute Gasteiger partial charge is 0.476 e. The molecule has 25 heavy (non-hydrogen) atoms. The van der Waals surface area contributed by atoms with Crippen LogP contribution in [0.25, 0.3) is 16.6 Å². The lowest BCUT2D eigenvalue weighted by Crippen LogP contribution is -1.96. The van der Waals surface area contributed by atoms with Gasteiger partial charge in [-0.1, -0.05) is 18.2 Å². The molecule has 0 aliphatic heterocycles. The van der Waals surface area contributed by atoms with Gasteiger partial charge in [-0.05, 0) is 24.3 Å². The molecular weight excluding hydrogens is 325 g/mol. The molecule has 0 aliphatic carbocycles. The minimum Gasteiger partial charge on any atom is -0.476 e. The fourth-order valence-corrected chi connectivity index (χ4v) is 2.52. The van der Waals surface area contributed by atoms with Crippen LogP contribution in [0.1, 0.15) is 10.5 Å². The van der Waals surface area contributed by atoms with Gasteiger partial charge in [0.05, 0.1) is 5.52 Å². The highest BCUT2D eigenvalue weighted by Gasteiger charge is 2.18. The Morgan fingerprint density at radius 3 is 2.80 bits per heavy atom. The normalized spacial score (nSPS) is 11.6. The first kappa shape index (κ1) is 14.9. The van der Waals surface area contributed by atoms with Crippen molar-refractivity contribution in [2.24, 2.45) is 10.2 Å². The molecule has 0 atom stereocenters. The zero-order valence-corrected chi connectivity index (χ0v) is 12.7. The molecule has 1 N–H and O–H groups in total. The van der Waals surface area contributed by atoms with Crippen molar-refractivity contribution in [2.75, 3.05) is 0 Å². The van der Waals surface area contributed by atoms with Crippen molar-refractivity contribution in [3.63, 3.8) is 0 Å². The SMILES string of the molecule is O=C(O)c1nc2ccc(F)cn2c1N=Nc1cccc2cccnc12. The van der Waals surface area contributed by atoms with Crippen molar-refractivity contribution in [3.05, 3.63) is 66.4 Å². The summed E-state index contributed by atoms with van der Waals surface area (Å²) < 4.78 is 14.8. The van der Waals surface area contributed by atoms with Gasteiger partial charge >= 0.3 is 5.97 Å². The fourth-order valence-electron chi connectivity index (χ4n) is 2.52. The van der Waals surface area contributed by atoms with Crippen LogP contribution >= 0.6 is 0 Å². The molecule has 0 saturated carbocycles. The second kappa shape index (κ2) is 5.75. The smallest absolute Gasteiger partial charge is 0.358 e. The molecule has 4 aromatic rings. The number of benzene rings is 1. The van der Waals surface area contributed by atoms with E-state index in [0.717, 1.165) is 11.6 Å². The van der Waals surface area contributed by atoms with Gasteiger partial charge in [0.2, 0.25) is 0 Å². The van der Waals surface area contributed by atoms with Crippen LogP contribution in [0.4, 0.5) is 15.9 Å². The molecule has 0 saturated heterocycles. The quantitative estimate of drug-likeness (QED) is 0.570. The molecule has 0 unspecified atom stereocenters. The van der Waals surface area contributed by atoms with Crippen molar-refractivity contribution >= 4 is 34.0 Å². The van der Waals surface area contributed by atoms with Gasteiger partial charge in [0, 0.05) is 17.8 Å². The van der Waals surface area contributed by atoms with E-state index in [9.17, 15) is 14.3 Å². The number of rotatable bonds is 3. The van der Waals surface area contributed by atoms with E-state index < -0.39 is 11.8 Å². The maximum Gasteiger partial charge on any atom is 0.358 e. The van der Waals surface area contributed by atoms with Gasteiger partial charge in [-0.25, -0.2) is 14.2 Å². The number of aromatic nitrogens is 3. The Morgan fingerprint density at radius 1 is 1.12 bits per heavy atom. The summed E-state index contributed by atoms with van der Waals surface area (Å²) in [6, 6.07) is 11.7. The average Bonchev–Trinajstić information content (AvgIpc) is 2.98. The van der Waals surface area contributed by atoms with Crippen LogP contribution in [0.3, 0.4) is 0 Å². The Morgan fingerprint density at radius 2 is 1.96 bits per heavy atom. The van der Waals surface area contributed by atoms with Crippen LogP contribution in [0.2, 0.25) is 0 Å². The number of hydrogen-bond acceptors (Lipinski definition) is 5. The molecule has 0 spiro atoms. The van der Waals surface area contributed by atoms with E-state index in [1.807, 2.05) is 12.1 Å². The van der Waals surface area contributed by atoms with E-state index in [1.54, 1.807) is 24.4 Å². The van der Waals surface area contributed by atoms with Gasteiger partial charge < -0.3 is 5.11 Å². The first-order chi connectivity index (χ1) is 12.1. The zero-order chi connectivity index (χ0) is 17.4. The van der Waals surface area contributed by atoms with E-state index in [-0.39, 0.29) is 17.2 Å². The highest BCUT2D eigenvalue weighted by Crippen LogP contribution is 2.28. The molecular formula is C17H10FN5O2. The molecule has 4 rings (SSSR count). The van der Waals surface area contributed by atoms with Crippen LogP contribution in [-0.2, 0) is 0 Å².